The van der Waals surface area contributed by atoms with Gasteiger partial charge in [0.25, 0.3) is 0 Å². The number of esters is 1. The highest BCUT2D eigenvalue weighted by molar-refractivity contribution is 5.86. The van der Waals surface area contributed by atoms with E-state index in [4.69, 9.17) is 19.3 Å². The minimum absolute atomic E-state index is 0.364. The first-order valence-electron chi connectivity index (χ1n) is 7.06. The van der Waals surface area contributed by atoms with E-state index in [0.717, 1.165) is 5.57 Å². The molecule has 0 aromatic carbocycles. The maximum Gasteiger partial charge on any atom is 0.331 e. The molecular weight excluding hydrogens is 296 g/mol. The van der Waals surface area contributed by atoms with Gasteiger partial charge in [-0.2, -0.15) is 0 Å². The van der Waals surface area contributed by atoms with E-state index in [1.54, 1.807) is 12.2 Å². The van der Waals surface area contributed by atoms with Crippen LogP contribution >= 0.6 is 0 Å². The van der Waals surface area contributed by atoms with E-state index < -0.39 is 55.5 Å². The number of carbonyl (C=O) groups is 1. The van der Waals surface area contributed by atoms with Gasteiger partial charge in [-0.15, -0.1) is 0 Å². The first kappa shape index (κ1) is 15.6. The molecule has 7 atom stereocenters. The quantitative estimate of drug-likeness (QED) is 0.440. The van der Waals surface area contributed by atoms with Crippen molar-refractivity contribution < 1.29 is 39.4 Å². The third-order valence-corrected chi connectivity index (χ3v) is 4.02. The summed E-state index contributed by atoms with van der Waals surface area (Å²) in [6, 6.07) is 0. The Hall–Kier alpha value is -1.29. The molecule has 0 saturated carbocycles. The van der Waals surface area contributed by atoms with Crippen molar-refractivity contribution in [3.63, 3.8) is 0 Å². The van der Waals surface area contributed by atoms with Crippen molar-refractivity contribution >= 4 is 5.97 Å². The molecule has 2 aliphatic heterocycles. The van der Waals surface area contributed by atoms with Crippen molar-refractivity contribution in [1.29, 1.82) is 0 Å². The summed E-state index contributed by atoms with van der Waals surface area (Å²) in [7, 11) is 0. The average molecular weight is 314 g/mol. The van der Waals surface area contributed by atoms with E-state index >= 15 is 0 Å². The van der Waals surface area contributed by atoms with Crippen LogP contribution in [0.25, 0.3) is 0 Å². The van der Waals surface area contributed by atoms with Gasteiger partial charge in [0.2, 0.25) is 0 Å². The van der Waals surface area contributed by atoms with Gasteiger partial charge in [0, 0.05) is 12.5 Å². The summed E-state index contributed by atoms with van der Waals surface area (Å²) in [4.78, 5) is 11.2. The highest BCUT2D eigenvalue weighted by Gasteiger charge is 2.45. The number of fused-ring (bicyclic) bond motifs is 1. The first-order chi connectivity index (χ1) is 10.5. The number of aliphatic hydroxyl groups is 4. The van der Waals surface area contributed by atoms with Gasteiger partial charge >= 0.3 is 5.97 Å². The third kappa shape index (κ3) is 2.81. The molecule has 1 saturated heterocycles. The third-order valence-electron chi connectivity index (χ3n) is 4.02. The van der Waals surface area contributed by atoms with E-state index in [-0.39, 0.29) is 0 Å². The van der Waals surface area contributed by atoms with Crippen molar-refractivity contribution in [2.45, 2.75) is 49.3 Å². The minimum Gasteiger partial charge on any atom is -0.454 e. The van der Waals surface area contributed by atoms with Crippen molar-refractivity contribution in [2.75, 3.05) is 6.61 Å². The molecule has 2 unspecified atom stereocenters. The highest BCUT2D eigenvalue weighted by Crippen LogP contribution is 2.30. The van der Waals surface area contributed by atoms with E-state index in [0.29, 0.717) is 6.42 Å². The van der Waals surface area contributed by atoms with Crippen molar-refractivity contribution in [2.24, 2.45) is 0 Å². The van der Waals surface area contributed by atoms with Gasteiger partial charge in [-0.3, -0.25) is 0 Å². The molecule has 8 heteroatoms. The number of hydrogen-bond acceptors (Lipinski definition) is 8. The summed E-state index contributed by atoms with van der Waals surface area (Å²) >= 11 is 0. The van der Waals surface area contributed by atoms with Crippen LogP contribution in [0.3, 0.4) is 0 Å². The van der Waals surface area contributed by atoms with Gasteiger partial charge in [0.05, 0.1) is 12.7 Å². The SMILES string of the molecule is O=C1C=C2C=CC(O[C@@H]3O[C@H](CO)[C@@H](O)[C@H](O)[C@H]3O)CC2O1. The summed E-state index contributed by atoms with van der Waals surface area (Å²) in [6.45, 7) is -0.515. The Balaban J connectivity index is 1.65. The zero-order valence-electron chi connectivity index (χ0n) is 11.6. The zero-order chi connectivity index (χ0) is 15.9. The van der Waals surface area contributed by atoms with Crippen LogP contribution in [-0.2, 0) is 19.0 Å². The van der Waals surface area contributed by atoms with Crippen molar-refractivity contribution in [3.8, 4) is 0 Å². The molecule has 1 fully saturated rings. The average Bonchev–Trinajstić information content (AvgIpc) is 2.87. The molecule has 0 radical (unpaired) electrons. The number of aliphatic hydroxyl groups excluding tert-OH is 4. The maximum atomic E-state index is 11.2. The molecule has 22 heavy (non-hydrogen) atoms. The largest absolute Gasteiger partial charge is 0.454 e. The fourth-order valence-corrected chi connectivity index (χ4v) is 2.77. The second-order valence-corrected chi connectivity index (χ2v) is 5.54. The topological polar surface area (TPSA) is 126 Å². The van der Waals surface area contributed by atoms with Gasteiger partial charge in [0.15, 0.2) is 6.29 Å². The summed E-state index contributed by atoms with van der Waals surface area (Å²) in [5.41, 5.74) is 0.763. The Morgan fingerprint density at radius 3 is 2.73 bits per heavy atom. The molecule has 0 spiro atoms. The standard InChI is InChI=1S/C14H18O8/c15-5-9-11(17)12(18)13(19)14(22-9)20-7-2-1-6-3-10(16)21-8(6)4-7/h1-3,7-9,11-15,17-19H,4-5H2/t7?,8?,9-,11-,12+,13-,14-/m1/s1. The Bertz CT molecular complexity index is 499. The second-order valence-electron chi connectivity index (χ2n) is 5.54. The lowest BCUT2D eigenvalue weighted by molar-refractivity contribution is -0.308. The molecule has 3 aliphatic rings. The Labute approximate surface area is 126 Å². The van der Waals surface area contributed by atoms with E-state index in [1.165, 1.54) is 6.08 Å². The van der Waals surface area contributed by atoms with Crippen LogP contribution in [0, 0.1) is 0 Å². The molecule has 8 nitrogen and oxygen atoms in total. The molecule has 0 aromatic heterocycles. The molecular formula is C14H18O8. The van der Waals surface area contributed by atoms with E-state index in [2.05, 4.69) is 0 Å². The second kappa shape index (κ2) is 6.07. The minimum atomic E-state index is -1.48. The van der Waals surface area contributed by atoms with Gasteiger partial charge < -0.3 is 34.6 Å². The van der Waals surface area contributed by atoms with Crippen LogP contribution in [0.4, 0.5) is 0 Å². The normalized spacial score (nSPS) is 44.5. The van der Waals surface area contributed by atoms with Crippen molar-refractivity contribution in [1.82, 2.24) is 0 Å². The molecule has 2 heterocycles. The molecule has 0 amide bonds. The van der Waals surface area contributed by atoms with Gasteiger partial charge in [-0.1, -0.05) is 12.2 Å². The van der Waals surface area contributed by atoms with Crippen LogP contribution in [-0.4, -0.2) is 75.9 Å². The predicted molar refractivity (Wildman–Crippen MR) is 70.4 cm³/mol. The Kier molecular flexibility index (Phi) is 4.31. The fraction of sp³-hybridized carbons (Fsp3) is 0.643. The smallest absolute Gasteiger partial charge is 0.331 e. The lowest BCUT2D eigenvalue weighted by atomic mass is 9.96. The van der Waals surface area contributed by atoms with Crippen LogP contribution < -0.4 is 0 Å². The lowest BCUT2D eigenvalue weighted by Gasteiger charge is -2.41. The molecule has 122 valence electrons. The lowest BCUT2D eigenvalue weighted by Crippen LogP contribution is -2.59. The zero-order valence-corrected chi connectivity index (χ0v) is 11.6. The molecule has 1 aliphatic carbocycles. The number of rotatable bonds is 3. The number of ether oxygens (including phenoxy) is 3. The van der Waals surface area contributed by atoms with Gasteiger partial charge in [-0.25, -0.2) is 4.79 Å². The Morgan fingerprint density at radius 2 is 2.00 bits per heavy atom. The number of carbonyl (C=O) groups excluding carboxylic acids is 1. The molecule has 4 N–H and O–H groups in total. The first-order valence-corrected chi connectivity index (χ1v) is 7.06. The van der Waals surface area contributed by atoms with E-state index in [9.17, 15) is 20.1 Å². The summed E-state index contributed by atoms with van der Waals surface area (Å²) < 4.78 is 16.0. The maximum absolute atomic E-state index is 11.2. The van der Waals surface area contributed by atoms with Crippen LogP contribution in [0.15, 0.2) is 23.8 Å². The molecule has 3 rings (SSSR count). The number of hydrogen-bond donors (Lipinski definition) is 4. The van der Waals surface area contributed by atoms with Crippen molar-refractivity contribution in [3.05, 3.63) is 23.8 Å². The summed E-state index contributed by atoms with van der Waals surface area (Å²) in [5.74, 6) is -0.404. The van der Waals surface area contributed by atoms with Crippen LogP contribution in [0.1, 0.15) is 6.42 Å². The highest BCUT2D eigenvalue weighted by atomic mass is 16.7. The summed E-state index contributed by atoms with van der Waals surface area (Å²) in [5, 5.41) is 38.5. The monoisotopic (exact) mass is 314 g/mol. The van der Waals surface area contributed by atoms with Crippen LogP contribution in [0.2, 0.25) is 0 Å². The molecule has 0 bridgehead atoms. The predicted octanol–water partition coefficient (Wildman–Crippen LogP) is -2.02. The van der Waals surface area contributed by atoms with Gasteiger partial charge in [0.1, 0.15) is 30.5 Å². The van der Waals surface area contributed by atoms with E-state index in [1.807, 2.05) is 0 Å². The molecule has 0 aromatic rings. The summed E-state index contributed by atoms with van der Waals surface area (Å²) in [6.07, 6.45) is -2.29. The Morgan fingerprint density at radius 1 is 1.23 bits per heavy atom. The fourth-order valence-electron chi connectivity index (χ4n) is 2.77. The van der Waals surface area contributed by atoms with Crippen LogP contribution in [0.5, 0.6) is 0 Å². The van der Waals surface area contributed by atoms with Gasteiger partial charge in [-0.05, 0) is 5.57 Å².